The molecule has 0 saturated heterocycles. The number of carboxylic acid groups (broad SMARTS) is 4. The zero-order chi connectivity index (χ0) is 23.4. The Bertz CT molecular complexity index is 664. The molecule has 0 bridgehead atoms. The van der Waals surface area contributed by atoms with Crippen molar-refractivity contribution in [1.29, 1.82) is 0 Å². The zero-order valence-electron chi connectivity index (χ0n) is 16.3. The maximum atomic E-state index is 11.5. The van der Waals surface area contributed by atoms with Crippen molar-refractivity contribution in [1.82, 2.24) is 10.2 Å². The number of ether oxygens (including phenoxy) is 1. The minimum absolute atomic E-state index is 0.0793. The summed E-state index contributed by atoms with van der Waals surface area (Å²) >= 11 is 0. The van der Waals surface area contributed by atoms with Crippen molar-refractivity contribution >= 4 is 29.8 Å². The van der Waals surface area contributed by atoms with Gasteiger partial charge in [-0.3, -0.25) is 24.1 Å². The van der Waals surface area contributed by atoms with Crippen LogP contribution in [0, 0.1) is 0 Å². The number of esters is 1. The van der Waals surface area contributed by atoms with Gasteiger partial charge in [0.2, 0.25) is 0 Å². The van der Waals surface area contributed by atoms with Gasteiger partial charge >= 0.3 is 29.8 Å². The van der Waals surface area contributed by atoms with Gasteiger partial charge in [0.1, 0.15) is 24.8 Å². The molecular weight excluding hydrogens is 408 g/mol. The Balaban J connectivity index is 5.18. The summed E-state index contributed by atoms with van der Waals surface area (Å²) < 4.78 is 4.77. The Kier molecular flexibility index (Phi) is 11.9. The van der Waals surface area contributed by atoms with Crippen molar-refractivity contribution in [2.45, 2.75) is 38.0 Å². The fourth-order valence-electron chi connectivity index (χ4n) is 2.33. The summed E-state index contributed by atoms with van der Waals surface area (Å²) in [6.07, 6.45) is -2.92. The molecule has 170 valence electrons. The zero-order valence-corrected chi connectivity index (χ0v) is 16.3. The van der Waals surface area contributed by atoms with Gasteiger partial charge < -0.3 is 35.6 Å². The molecule has 0 saturated carbocycles. The van der Waals surface area contributed by atoms with Crippen LogP contribution in [0.5, 0.6) is 0 Å². The van der Waals surface area contributed by atoms with Crippen LogP contribution in [0.3, 0.4) is 0 Å². The lowest BCUT2D eigenvalue weighted by atomic mass is 10.1. The number of hydrogen-bond acceptors (Lipinski definition) is 9. The van der Waals surface area contributed by atoms with E-state index in [2.05, 4.69) is 11.9 Å². The molecule has 30 heavy (non-hydrogen) atoms. The first-order chi connectivity index (χ1) is 13.8. The van der Waals surface area contributed by atoms with Crippen LogP contribution < -0.4 is 5.32 Å². The van der Waals surface area contributed by atoms with Gasteiger partial charge in [-0.15, -0.1) is 0 Å². The number of carboxylic acids is 4. The van der Waals surface area contributed by atoms with Crippen molar-refractivity contribution in [2.24, 2.45) is 0 Å². The largest absolute Gasteiger partial charge is 0.481 e. The van der Waals surface area contributed by atoms with E-state index >= 15 is 0 Å². The minimum Gasteiger partial charge on any atom is -0.481 e. The summed E-state index contributed by atoms with van der Waals surface area (Å²) in [5.41, 5.74) is 0.0793. The van der Waals surface area contributed by atoms with Crippen LogP contribution in [0.25, 0.3) is 0 Å². The van der Waals surface area contributed by atoms with Crippen LogP contribution in [-0.2, 0) is 28.7 Å². The van der Waals surface area contributed by atoms with E-state index in [0.717, 1.165) is 4.90 Å². The fraction of sp³-hybridized carbons (Fsp3) is 0.588. The molecule has 0 rings (SSSR count). The highest BCUT2D eigenvalue weighted by Gasteiger charge is 2.30. The predicted octanol–water partition coefficient (Wildman–Crippen LogP) is -1.79. The number of aliphatic hydroxyl groups excluding tert-OH is 1. The highest BCUT2D eigenvalue weighted by atomic mass is 16.5. The molecule has 0 spiro atoms. The van der Waals surface area contributed by atoms with Gasteiger partial charge in [0, 0.05) is 25.2 Å². The lowest BCUT2D eigenvalue weighted by molar-refractivity contribution is -0.151. The summed E-state index contributed by atoms with van der Waals surface area (Å²) in [5, 5.41) is 48.5. The van der Waals surface area contributed by atoms with Crippen molar-refractivity contribution in [2.75, 3.05) is 26.2 Å². The Morgan fingerprint density at radius 1 is 1.00 bits per heavy atom. The van der Waals surface area contributed by atoms with Gasteiger partial charge in [0.25, 0.3) is 0 Å². The van der Waals surface area contributed by atoms with Crippen molar-refractivity contribution in [3.05, 3.63) is 12.2 Å². The van der Waals surface area contributed by atoms with Crippen LogP contribution in [0.1, 0.15) is 19.8 Å². The van der Waals surface area contributed by atoms with Gasteiger partial charge in [-0.25, -0.2) is 4.79 Å². The molecule has 0 heterocycles. The van der Waals surface area contributed by atoms with E-state index in [4.69, 9.17) is 20.1 Å². The third-order valence-electron chi connectivity index (χ3n) is 3.76. The molecule has 0 aliphatic carbocycles. The second-order valence-corrected chi connectivity index (χ2v) is 6.42. The highest BCUT2D eigenvalue weighted by molar-refractivity contribution is 5.87. The van der Waals surface area contributed by atoms with E-state index < -0.39 is 74.0 Å². The Labute approximate surface area is 171 Å². The minimum atomic E-state index is -1.57. The number of hydrogen-bond donors (Lipinski definition) is 6. The molecule has 0 aliphatic rings. The van der Waals surface area contributed by atoms with Crippen molar-refractivity contribution < 1.29 is 54.2 Å². The SMILES string of the molecule is C=C(C)C(=O)OCC(O)CN(CCNC(CC(=O)O)C(=O)O)C(CC(=O)O)C(=O)O. The lowest BCUT2D eigenvalue weighted by Gasteiger charge is -2.30. The summed E-state index contributed by atoms with van der Waals surface area (Å²) in [4.78, 5) is 56.7. The normalized spacial score (nSPS) is 13.8. The van der Waals surface area contributed by atoms with Gasteiger partial charge in [-0.1, -0.05) is 6.58 Å². The number of aliphatic hydroxyl groups is 1. The van der Waals surface area contributed by atoms with Crippen molar-refractivity contribution in [3.8, 4) is 0 Å². The first kappa shape index (κ1) is 27.0. The quantitative estimate of drug-likeness (QED) is 0.117. The number of aliphatic carboxylic acids is 4. The topological polar surface area (TPSA) is 211 Å². The molecule has 0 aliphatic heterocycles. The van der Waals surface area contributed by atoms with Gasteiger partial charge in [0.05, 0.1) is 12.8 Å². The van der Waals surface area contributed by atoms with E-state index in [1.54, 1.807) is 0 Å². The number of rotatable bonds is 16. The van der Waals surface area contributed by atoms with Crippen LogP contribution in [0.2, 0.25) is 0 Å². The smallest absolute Gasteiger partial charge is 0.333 e. The van der Waals surface area contributed by atoms with E-state index in [1.807, 2.05) is 0 Å². The number of carbonyl (C=O) groups is 5. The van der Waals surface area contributed by atoms with Gasteiger partial charge in [-0.2, -0.15) is 0 Å². The monoisotopic (exact) mass is 434 g/mol. The van der Waals surface area contributed by atoms with Gasteiger partial charge in [-0.05, 0) is 6.92 Å². The molecule has 6 N–H and O–H groups in total. The molecule has 13 nitrogen and oxygen atoms in total. The highest BCUT2D eigenvalue weighted by Crippen LogP contribution is 2.08. The van der Waals surface area contributed by atoms with Crippen LogP contribution in [0.4, 0.5) is 0 Å². The van der Waals surface area contributed by atoms with E-state index in [1.165, 1.54) is 6.92 Å². The fourth-order valence-corrected chi connectivity index (χ4v) is 2.33. The Morgan fingerprint density at radius 2 is 1.57 bits per heavy atom. The molecule has 0 radical (unpaired) electrons. The molecule has 0 aromatic carbocycles. The van der Waals surface area contributed by atoms with Crippen LogP contribution in [0.15, 0.2) is 12.2 Å². The lowest BCUT2D eigenvalue weighted by Crippen LogP contribution is -2.50. The first-order valence-corrected chi connectivity index (χ1v) is 8.72. The molecule has 0 aromatic heterocycles. The van der Waals surface area contributed by atoms with Gasteiger partial charge in [0.15, 0.2) is 0 Å². The Morgan fingerprint density at radius 3 is 2.00 bits per heavy atom. The average Bonchev–Trinajstić information content (AvgIpc) is 2.61. The van der Waals surface area contributed by atoms with Crippen molar-refractivity contribution in [3.63, 3.8) is 0 Å². The third kappa shape index (κ3) is 11.1. The summed E-state index contributed by atoms with van der Waals surface area (Å²) in [6, 6.07) is -3.02. The summed E-state index contributed by atoms with van der Waals surface area (Å²) in [7, 11) is 0. The molecule has 0 amide bonds. The average molecular weight is 434 g/mol. The molecule has 0 fully saturated rings. The summed E-state index contributed by atoms with van der Waals surface area (Å²) in [5.74, 6) is -6.49. The van der Waals surface area contributed by atoms with E-state index in [9.17, 15) is 34.2 Å². The molecule has 13 heteroatoms. The van der Waals surface area contributed by atoms with Crippen LogP contribution in [-0.4, -0.2) is 105 Å². The van der Waals surface area contributed by atoms with E-state index in [-0.39, 0.29) is 18.7 Å². The standard InChI is InChI=1S/C17H26N2O11/c1-9(2)17(29)30-8-10(20)7-19(12(16(27)28)6-14(23)24)4-3-18-11(15(25)26)5-13(21)22/h10-12,18,20H,1,3-8H2,2H3,(H,21,22)(H,23,24)(H,25,26)(H,27,28). The number of nitrogens with one attached hydrogen (secondary N) is 1. The predicted molar refractivity (Wildman–Crippen MR) is 98.7 cm³/mol. The molecule has 0 aromatic rings. The second-order valence-electron chi connectivity index (χ2n) is 6.42. The second kappa shape index (κ2) is 13.2. The molecule has 3 unspecified atom stereocenters. The van der Waals surface area contributed by atoms with E-state index in [0.29, 0.717) is 0 Å². The number of nitrogens with zero attached hydrogens (tertiary/aromatic N) is 1. The first-order valence-electron chi connectivity index (χ1n) is 8.72. The third-order valence-corrected chi connectivity index (χ3v) is 3.76. The maximum Gasteiger partial charge on any atom is 0.333 e. The maximum absolute atomic E-state index is 11.5. The Hall–Kier alpha value is -3.03. The van der Waals surface area contributed by atoms with Crippen LogP contribution >= 0.6 is 0 Å². The molecular formula is C17H26N2O11. The number of carbonyl (C=O) groups excluding carboxylic acids is 1. The molecule has 3 atom stereocenters. The summed E-state index contributed by atoms with van der Waals surface area (Å²) in [6.45, 7) is 3.37.